The third-order valence-corrected chi connectivity index (χ3v) is 2.89. The van der Waals surface area contributed by atoms with Crippen LogP contribution in [0.15, 0.2) is 18.2 Å². The maximum atomic E-state index is 11.1. The summed E-state index contributed by atoms with van der Waals surface area (Å²) in [6.07, 6.45) is -0.0519. The molecule has 19 heavy (non-hydrogen) atoms. The largest absolute Gasteiger partial charge is 0.481 e. The van der Waals surface area contributed by atoms with Gasteiger partial charge < -0.3 is 10.0 Å². The summed E-state index contributed by atoms with van der Waals surface area (Å²) in [5.74, 6) is -0.915. The number of aliphatic carboxylic acids is 1. The van der Waals surface area contributed by atoms with Gasteiger partial charge in [0.15, 0.2) is 0 Å². The van der Waals surface area contributed by atoms with E-state index in [2.05, 4.69) is 0 Å². The lowest BCUT2D eigenvalue weighted by Crippen LogP contribution is -2.34. The van der Waals surface area contributed by atoms with E-state index in [1.165, 1.54) is 6.07 Å². The maximum Gasteiger partial charge on any atom is 0.305 e. The topological polar surface area (TPSA) is 83.7 Å². The molecule has 6 nitrogen and oxygen atoms in total. The molecule has 0 bridgehead atoms. The van der Waals surface area contributed by atoms with Crippen molar-refractivity contribution in [3.8, 4) is 0 Å². The van der Waals surface area contributed by atoms with Crippen LogP contribution in [0.1, 0.15) is 25.8 Å². The highest BCUT2D eigenvalue weighted by atomic mass is 16.6. The molecule has 1 aromatic rings. The van der Waals surface area contributed by atoms with Crippen LogP contribution in [0.3, 0.4) is 0 Å². The first-order chi connectivity index (χ1) is 8.84. The molecule has 0 atom stereocenters. The zero-order valence-electron chi connectivity index (χ0n) is 11.3. The zero-order valence-corrected chi connectivity index (χ0v) is 11.3. The van der Waals surface area contributed by atoms with Gasteiger partial charge in [0.05, 0.1) is 11.3 Å². The Labute approximate surface area is 111 Å². The minimum absolute atomic E-state index is 0.0130. The lowest BCUT2D eigenvalue weighted by molar-refractivity contribution is -0.384. The third-order valence-electron chi connectivity index (χ3n) is 2.89. The highest BCUT2D eigenvalue weighted by molar-refractivity contribution is 5.71. The second-order valence-corrected chi connectivity index (χ2v) is 4.63. The Bertz CT molecular complexity index is 486. The molecule has 6 heteroatoms. The summed E-state index contributed by atoms with van der Waals surface area (Å²) in [5.41, 5.74) is 1.29. The fourth-order valence-electron chi connectivity index (χ4n) is 2.01. The molecule has 0 radical (unpaired) electrons. The highest BCUT2D eigenvalue weighted by Crippen LogP contribution is 2.32. The minimum atomic E-state index is -0.915. The van der Waals surface area contributed by atoms with Crippen LogP contribution in [0, 0.1) is 17.0 Å². The molecule has 1 rings (SSSR count). The summed E-state index contributed by atoms with van der Waals surface area (Å²) < 4.78 is 0. The number of hydrogen-bond acceptors (Lipinski definition) is 4. The van der Waals surface area contributed by atoms with Gasteiger partial charge in [0.25, 0.3) is 5.69 Å². The number of rotatable bonds is 6. The molecule has 0 saturated carbocycles. The Hall–Kier alpha value is -2.11. The monoisotopic (exact) mass is 266 g/mol. The molecule has 0 aliphatic carbocycles. The van der Waals surface area contributed by atoms with E-state index in [9.17, 15) is 14.9 Å². The molecule has 0 amide bonds. The third kappa shape index (κ3) is 3.67. The summed E-state index contributed by atoms with van der Waals surface area (Å²) in [4.78, 5) is 23.1. The second kappa shape index (κ2) is 6.17. The first-order valence-electron chi connectivity index (χ1n) is 6.07. The van der Waals surface area contributed by atoms with Crippen LogP contribution in [0.2, 0.25) is 0 Å². The summed E-state index contributed by atoms with van der Waals surface area (Å²) in [6, 6.07) is 4.85. The average molecular weight is 266 g/mol. The Kier molecular flexibility index (Phi) is 4.86. The van der Waals surface area contributed by atoms with Gasteiger partial charge in [-0.15, -0.1) is 0 Å². The molecule has 0 saturated heterocycles. The molecule has 0 unspecified atom stereocenters. The normalized spacial score (nSPS) is 10.5. The Morgan fingerprint density at radius 2 is 2.11 bits per heavy atom. The maximum absolute atomic E-state index is 11.1. The van der Waals surface area contributed by atoms with Crippen molar-refractivity contribution < 1.29 is 14.8 Å². The number of nitrogens with zero attached hydrogens (tertiary/aromatic N) is 2. The molecule has 0 aromatic heterocycles. The Balaban J connectivity index is 3.21. The number of carboxylic acid groups (broad SMARTS) is 1. The van der Waals surface area contributed by atoms with E-state index >= 15 is 0 Å². The molecule has 0 aliphatic rings. The Morgan fingerprint density at radius 1 is 1.47 bits per heavy atom. The quantitative estimate of drug-likeness (QED) is 0.632. The fourth-order valence-corrected chi connectivity index (χ4v) is 2.01. The van der Waals surface area contributed by atoms with Crippen LogP contribution in [0.25, 0.3) is 0 Å². The summed E-state index contributed by atoms with van der Waals surface area (Å²) >= 11 is 0. The minimum Gasteiger partial charge on any atom is -0.481 e. The van der Waals surface area contributed by atoms with Crippen LogP contribution in [-0.4, -0.2) is 28.6 Å². The number of nitro groups is 1. The molecular weight excluding hydrogens is 248 g/mol. The van der Waals surface area contributed by atoms with Crippen molar-refractivity contribution in [3.05, 3.63) is 33.9 Å². The van der Waals surface area contributed by atoms with Gasteiger partial charge in [-0.1, -0.05) is 12.1 Å². The predicted octanol–water partition coefficient (Wildman–Crippen LogP) is 2.59. The summed E-state index contributed by atoms with van der Waals surface area (Å²) in [7, 11) is 0. The number of nitro benzene ring substituents is 1. The van der Waals surface area contributed by atoms with E-state index in [4.69, 9.17) is 5.11 Å². The van der Waals surface area contributed by atoms with Crippen molar-refractivity contribution in [1.29, 1.82) is 0 Å². The molecule has 1 aromatic carbocycles. The number of hydrogen-bond donors (Lipinski definition) is 1. The van der Waals surface area contributed by atoms with Gasteiger partial charge in [0.1, 0.15) is 5.69 Å². The van der Waals surface area contributed by atoms with Crippen LogP contribution >= 0.6 is 0 Å². The van der Waals surface area contributed by atoms with Crippen molar-refractivity contribution in [1.82, 2.24) is 0 Å². The number of benzene rings is 1. The van der Waals surface area contributed by atoms with Crippen molar-refractivity contribution in [2.24, 2.45) is 0 Å². The van der Waals surface area contributed by atoms with Gasteiger partial charge in [-0.25, -0.2) is 0 Å². The van der Waals surface area contributed by atoms with E-state index in [-0.39, 0.29) is 24.7 Å². The van der Waals surface area contributed by atoms with Crippen LogP contribution < -0.4 is 4.90 Å². The lowest BCUT2D eigenvalue weighted by atomic mass is 10.1. The highest BCUT2D eigenvalue weighted by Gasteiger charge is 2.23. The van der Waals surface area contributed by atoms with Gasteiger partial charge in [-0.2, -0.15) is 0 Å². The summed E-state index contributed by atoms with van der Waals surface area (Å²) in [6.45, 7) is 5.81. The number of carbonyl (C=O) groups is 1. The molecule has 104 valence electrons. The Morgan fingerprint density at radius 3 is 2.58 bits per heavy atom. The van der Waals surface area contributed by atoms with Crippen LogP contribution in [-0.2, 0) is 4.79 Å². The lowest BCUT2D eigenvalue weighted by Gasteiger charge is -2.29. The number of aryl methyl sites for hydroxylation is 1. The molecule has 0 fully saturated rings. The first-order valence-corrected chi connectivity index (χ1v) is 6.07. The average Bonchev–Trinajstić information content (AvgIpc) is 2.29. The van der Waals surface area contributed by atoms with E-state index in [1.54, 1.807) is 24.0 Å². The molecule has 0 heterocycles. The van der Waals surface area contributed by atoms with Gasteiger partial charge in [-0.3, -0.25) is 14.9 Å². The summed E-state index contributed by atoms with van der Waals surface area (Å²) in [5, 5.41) is 19.9. The first kappa shape index (κ1) is 14.9. The van der Waals surface area contributed by atoms with Crippen molar-refractivity contribution >= 4 is 17.3 Å². The molecule has 0 aliphatic heterocycles. The number of anilines is 1. The molecule has 1 N–H and O–H groups in total. The van der Waals surface area contributed by atoms with Gasteiger partial charge in [0, 0.05) is 18.7 Å². The predicted molar refractivity (Wildman–Crippen MR) is 72.6 cm³/mol. The SMILES string of the molecule is Cc1cccc([N+](=O)[O-])c1N(CCC(=O)O)C(C)C. The fraction of sp³-hybridized carbons (Fsp3) is 0.462. The standard InChI is InChI=1S/C13H18N2O4/c1-9(2)14(8-7-12(16)17)13-10(3)5-4-6-11(13)15(18)19/h4-6,9H,7-8H2,1-3H3,(H,16,17). The number of para-hydroxylation sites is 1. The molecule has 0 spiro atoms. The zero-order chi connectivity index (χ0) is 14.6. The number of carboxylic acids is 1. The van der Waals surface area contributed by atoms with Crippen LogP contribution in [0.5, 0.6) is 0 Å². The van der Waals surface area contributed by atoms with E-state index in [0.717, 1.165) is 5.56 Å². The van der Waals surface area contributed by atoms with Gasteiger partial charge in [-0.05, 0) is 26.3 Å². The van der Waals surface area contributed by atoms with Gasteiger partial charge in [0.2, 0.25) is 0 Å². The van der Waals surface area contributed by atoms with E-state index < -0.39 is 10.9 Å². The smallest absolute Gasteiger partial charge is 0.305 e. The second-order valence-electron chi connectivity index (χ2n) is 4.63. The van der Waals surface area contributed by atoms with E-state index in [0.29, 0.717) is 5.69 Å². The van der Waals surface area contributed by atoms with Gasteiger partial charge >= 0.3 is 5.97 Å². The van der Waals surface area contributed by atoms with Crippen molar-refractivity contribution in [3.63, 3.8) is 0 Å². The van der Waals surface area contributed by atoms with Crippen molar-refractivity contribution in [2.75, 3.05) is 11.4 Å². The van der Waals surface area contributed by atoms with E-state index in [1.807, 2.05) is 13.8 Å². The van der Waals surface area contributed by atoms with Crippen molar-refractivity contribution in [2.45, 2.75) is 33.2 Å². The van der Waals surface area contributed by atoms with Crippen LogP contribution in [0.4, 0.5) is 11.4 Å². The molecular formula is C13H18N2O4.